The van der Waals surface area contributed by atoms with Crippen LogP contribution in [0.5, 0.6) is 0 Å². The van der Waals surface area contributed by atoms with Crippen LogP contribution in [0.1, 0.15) is 13.3 Å². The van der Waals surface area contributed by atoms with Gasteiger partial charge < -0.3 is 4.74 Å². The number of ketones is 1. The molecule has 0 rings (SSSR count). The first-order valence-corrected chi connectivity index (χ1v) is 5.99. The summed E-state index contributed by atoms with van der Waals surface area (Å²) in [6.45, 7) is 5.00. The van der Waals surface area contributed by atoms with Crippen molar-refractivity contribution in [3.63, 3.8) is 0 Å². The zero-order valence-electron chi connectivity index (χ0n) is 12.3. The molecule has 0 bridgehead atoms. The van der Waals surface area contributed by atoms with E-state index in [2.05, 4.69) is 11.6 Å². The predicted molar refractivity (Wildman–Crippen MR) is 75.9 cm³/mol. The van der Waals surface area contributed by atoms with Gasteiger partial charge in [-0.2, -0.15) is 0 Å². The number of hydrogen-bond donors (Lipinski definition) is 0. The number of esters is 1. The number of hydrogen-bond acceptors (Lipinski definition) is 4. The molecule has 5 nitrogen and oxygen atoms in total. The van der Waals surface area contributed by atoms with Crippen LogP contribution in [0.15, 0.2) is 29.8 Å². The summed E-state index contributed by atoms with van der Waals surface area (Å²) in [6.07, 6.45) is 4.33. The van der Waals surface area contributed by atoms with E-state index < -0.39 is 12.2 Å². The van der Waals surface area contributed by atoms with Gasteiger partial charge in [0.1, 0.15) is 11.5 Å². The molecule has 0 aliphatic heterocycles. The number of quaternary nitrogens is 1. The van der Waals surface area contributed by atoms with Gasteiger partial charge in [-0.1, -0.05) is 18.7 Å². The van der Waals surface area contributed by atoms with Gasteiger partial charge in [-0.25, -0.2) is 4.79 Å². The smallest absolute Gasteiger partial charge is 0.360 e. The second kappa shape index (κ2) is 7.63. The topological polar surface area (TPSA) is 55.7 Å². The van der Waals surface area contributed by atoms with Crippen molar-refractivity contribution in [2.24, 2.45) is 4.99 Å². The van der Waals surface area contributed by atoms with Crippen molar-refractivity contribution >= 4 is 17.5 Å². The van der Waals surface area contributed by atoms with Crippen molar-refractivity contribution in [1.82, 2.24) is 0 Å². The lowest BCUT2D eigenvalue weighted by Crippen LogP contribution is -2.49. The quantitative estimate of drug-likeness (QED) is 0.230. The summed E-state index contributed by atoms with van der Waals surface area (Å²) < 4.78 is 5.73. The Bertz CT molecular complexity index is 403. The molecule has 0 radical (unpaired) electrons. The monoisotopic (exact) mass is 267 g/mol. The van der Waals surface area contributed by atoms with Crippen LogP contribution in [-0.2, 0) is 14.3 Å². The molecule has 1 unspecified atom stereocenters. The fraction of sp³-hybridized carbons (Fsp3) is 0.500. The second-order valence-electron chi connectivity index (χ2n) is 5.09. The van der Waals surface area contributed by atoms with Crippen molar-refractivity contribution < 1.29 is 18.8 Å². The molecule has 19 heavy (non-hydrogen) atoms. The molecule has 0 aromatic heterocycles. The maximum absolute atomic E-state index is 12.0. The number of carbonyl (C=O) groups is 2. The van der Waals surface area contributed by atoms with Gasteiger partial charge >= 0.3 is 5.97 Å². The van der Waals surface area contributed by atoms with Crippen LogP contribution in [0.4, 0.5) is 0 Å². The lowest BCUT2D eigenvalue weighted by molar-refractivity contribution is -0.915. The number of aliphatic imine (C=N–C) groups is 1. The van der Waals surface area contributed by atoms with Crippen LogP contribution >= 0.6 is 0 Å². The van der Waals surface area contributed by atoms with Crippen molar-refractivity contribution in [1.29, 1.82) is 0 Å². The van der Waals surface area contributed by atoms with E-state index in [0.717, 1.165) is 0 Å². The number of carbonyl (C=O) groups excluding carboxylic acids is 2. The van der Waals surface area contributed by atoms with Gasteiger partial charge in [-0.3, -0.25) is 14.3 Å². The third-order valence-electron chi connectivity index (χ3n) is 2.41. The SMILES string of the molecule is C=C/C=C\C(=NC)C(=O)OC(CC(C)=O)[N+](C)(C)C. The maximum Gasteiger partial charge on any atom is 0.360 e. The summed E-state index contributed by atoms with van der Waals surface area (Å²) in [5, 5.41) is 0. The molecule has 0 saturated heterocycles. The van der Waals surface area contributed by atoms with Gasteiger partial charge in [-0.05, 0) is 13.0 Å². The molecule has 0 aliphatic rings. The first kappa shape index (κ1) is 17.2. The highest BCUT2D eigenvalue weighted by Crippen LogP contribution is 2.11. The van der Waals surface area contributed by atoms with Crippen molar-refractivity contribution in [3.8, 4) is 0 Å². The van der Waals surface area contributed by atoms with Crippen LogP contribution in [0.25, 0.3) is 0 Å². The summed E-state index contributed by atoms with van der Waals surface area (Å²) in [7, 11) is 7.10. The third-order valence-corrected chi connectivity index (χ3v) is 2.41. The molecule has 0 amide bonds. The number of rotatable bonds is 7. The lowest BCUT2D eigenvalue weighted by Gasteiger charge is -2.32. The van der Waals surface area contributed by atoms with Gasteiger partial charge in [0.25, 0.3) is 0 Å². The number of allylic oxidation sites excluding steroid dienone is 2. The molecule has 106 valence electrons. The number of ether oxygens (including phenoxy) is 1. The summed E-state index contributed by atoms with van der Waals surface area (Å²) in [4.78, 5) is 27.0. The standard InChI is InChI=1S/C14H23N2O3/c1-7-8-9-12(15-3)14(18)19-13(10-11(2)17)16(4,5)6/h7-9,13H,1,10H2,2-6H3/q+1/b9-8-,15-12?. The van der Waals surface area contributed by atoms with Crippen molar-refractivity contribution in [2.75, 3.05) is 28.2 Å². The van der Waals surface area contributed by atoms with Gasteiger partial charge in [0.2, 0.25) is 6.23 Å². The van der Waals surface area contributed by atoms with Gasteiger partial charge in [0, 0.05) is 7.05 Å². The van der Waals surface area contributed by atoms with Crippen LogP contribution in [0.2, 0.25) is 0 Å². The van der Waals surface area contributed by atoms with Crippen molar-refractivity contribution in [3.05, 3.63) is 24.8 Å². The summed E-state index contributed by atoms with van der Waals surface area (Å²) in [5.74, 6) is -0.567. The van der Waals surface area contributed by atoms with Gasteiger partial charge in [0.05, 0.1) is 27.6 Å². The molecule has 0 spiro atoms. The fourth-order valence-electron chi connectivity index (χ4n) is 1.30. The molecule has 1 atom stereocenters. The van der Waals surface area contributed by atoms with Gasteiger partial charge in [0.15, 0.2) is 0 Å². The maximum atomic E-state index is 12.0. The van der Waals surface area contributed by atoms with E-state index in [-0.39, 0.29) is 17.9 Å². The average molecular weight is 267 g/mol. The van der Waals surface area contributed by atoms with E-state index >= 15 is 0 Å². The van der Waals surface area contributed by atoms with E-state index in [1.807, 2.05) is 21.1 Å². The highest BCUT2D eigenvalue weighted by atomic mass is 16.6. The molecule has 0 fully saturated rings. The van der Waals surface area contributed by atoms with Gasteiger partial charge in [-0.15, -0.1) is 0 Å². The van der Waals surface area contributed by atoms with E-state index in [1.54, 1.807) is 12.2 Å². The largest absolute Gasteiger partial charge is 0.407 e. The van der Waals surface area contributed by atoms with Crippen LogP contribution in [-0.4, -0.2) is 56.4 Å². The Morgan fingerprint density at radius 1 is 1.37 bits per heavy atom. The molecule has 0 aromatic rings. The number of nitrogens with zero attached hydrogens (tertiary/aromatic N) is 2. The summed E-state index contributed by atoms with van der Waals surface area (Å²) in [5.41, 5.74) is 0.196. The molecule has 0 saturated carbocycles. The Kier molecular flexibility index (Phi) is 6.93. The molecular weight excluding hydrogens is 244 g/mol. The Hall–Kier alpha value is -1.75. The van der Waals surface area contributed by atoms with E-state index in [9.17, 15) is 9.59 Å². The predicted octanol–water partition coefficient (Wildman–Crippen LogP) is 1.35. The first-order chi connectivity index (χ1) is 8.72. The minimum atomic E-state index is -0.542. The fourth-order valence-corrected chi connectivity index (χ4v) is 1.30. The molecule has 0 aromatic carbocycles. The van der Waals surface area contributed by atoms with E-state index in [0.29, 0.717) is 4.48 Å². The highest BCUT2D eigenvalue weighted by Gasteiger charge is 2.30. The molecular formula is C14H23N2O3+. The molecule has 5 heteroatoms. The summed E-state index contributed by atoms with van der Waals surface area (Å²) >= 11 is 0. The second-order valence-corrected chi connectivity index (χ2v) is 5.09. The lowest BCUT2D eigenvalue weighted by atomic mass is 10.2. The Balaban J connectivity index is 4.94. The van der Waals surface area contributed by atoms with Crippen LogP contribution < -0.4 is 0 Å². The van der Waals surface area contributed by atoms with E-state index in [4.69, 9.17) is 4.74 Å². The molecule has 0 N–H and O–H groups in total. The third kappa shape index (κ3) is 6.67. The number of Topliss-reactive ketones (excluding diaryl/α,β-unsaturated/α-hetero) is 1. The van der Waals surface area contributed by atoms with Crippen LogP contribution in [0.3, 0.4) is 0 Å². The highest BCUT2D eigenvalue weighted by molar-refractivity contribution is 6.41. The molecule has 0 aliphatic carbocycles. The first-order valence-electron chi connectivity index (χ1n) is 5.99. The summed E-state index contributed by atoms with van der Waals surface area (Å²) in [6, 6.07) is 0. The Labute approximate surface area is 114 Å². The Morgan fingerprint density at radius 2 is 1.95 bits per heavy atom. The zero-order chi connectivity index (χ0) is 15.1. The Morgan fingerprint density at radius 3 is 2.32 bits per heavy atom. The van der Waals surface area contributed by atoms with Crippen LogP contribution in [0, 0.1) is 0 Å². The minimum absolute atomic E-state index is 0.0255. The van der Waals surface area contributed by atoms with Crippen molar-refractivity contribution in [2.45, 2.75) is 19.6 Å². The minimum Gasteiger partial charge on any atom is -0.407 e. The van der Waals surface area contributed by atoms with E-state index in [1.165, 1.54) is 20.0 Å². The normalized spacial score (nSPS) is 14.3. The zero-order valence-corrected chi connectivity index (χ0v) is 12.3. The average Bonchev–Trinajstić information content (AvgIpc) is 2.27. The molecule has 0 heterocycles.